The number of hydrogen-bond donors (Lipinski definition) is 4. The average molecular weight is 352 g/mol. The second kappa shape index (κ2) is 8.18. The van der Waals surface area contributed by atoms with Crippen molar-refractivity contribution in [3.63, 3.8) is 0 Å². The van der Waals surface area contributed by atoms with Gasteiger partial charge in [0.15, 0.2) is 0 Å². The number of methoxy groups -OCH3 is 1. The molecule has 1 atom stereocenters. The Morgan fingerprint density at radius 2 is 1.92 bits per heavy atom. The fourth-order valence-corrected chi connectivity index (χ4v) is 2.95. The molecule has 0 saturated carbocycles. The summed E-state index contributed by atoms with van der Waals surface area (Å²) in [6, 6.07) is 14.3. The van der Waals surface area contributed by atoms with Gasteiger partial charge in [-0.15, -0.1) is 0 Å². The summed E-state index contributed by atoms with van der Waals surface area (Å²) in [4.78, 5) is 15.4. The molecule has 0 fully saturated rings. The summed E-state index contributed by atoms with van der Waals surface area (Å²) in [5.41, 5.74) is 3.44. The van der Waals surface area contributed by atoms with E-state index in [0.717, 1.165) is 22.0 Å². The molecule has 0 aliphatic carbocycles. The molecule has 0 bridgehead atoms. The first-order chi connectivity index (χ1) is 12.6. The maximum Gasteiger partial charge on any atom is 0.488 e. The molecular formula is C19H21BN2O4. The van der Waals surface area contributed by atoms with Gasteiger partial charge in [0.25, 0.3) is 0 Å². The van der Waals surface area contributed by atoms with E-state index in [9.17, 15) is 4.79 Å². The number of carbonyl (C=O) groups excluding carboxylic acids is 1. The Morgan fingerprint density at radius 1 is 1.19 bits per heavy atom. The second-order valence-corrected chi connectivity index (χ2v) is 6.14. The molecule has 3 rings (SSSR count). The SMILES string of the molecule is COC(=O)[C@@H](Cc1c[nH]c2ccccc12)NCc1ccc(B(O)O)cc1. The van der Waals surface area contributed by atoms with Gasteiger partial charge in [-0.1, -0.05) is 42.5 Å². The molecule has 0 aliphatic heterocycles. The summed E-state index contributed by atoms with van der Waals surface area (Å²) in [5, 5.41) is 22.6. The van der Waals surface area contributed by atoms with Gasteiger partial charge in [0, 0.05) is 30.1 Å². The smallest absolute Gasteiger partial charge is 0.468 e. The van der Waals surface area contributed by atoms with Crippen LogP contribution in [0, 0.1) is 0 Å². The lowest BCUT2D eigenvalue weighted by molar-refractivity contribution is -0.143. The minimum atomic E-state index is -1.48. The lowest BCUT2D eigenvalue weighted by Gasteiger charge is -2.16. The molecule has 1 aromatic heterocycles. The van der Waals surface area contributed by atoms with Crippen molar-refractivity contribution in [2.45, 2.75) is 19.0 Å². The van der Waals surface area contributed by atoms with Crippen molar-refractivity contribution >= 4 is 29.5 Å². The fourth-order valence-electron chi connectivity index (χ4n) is 2.95. The molecule has 26 heavy (non-hydrogen) atoms. The molecule has 0 radical (unpaired) electrons. The van der Waals surface area contributed by atoms with Gasteiger partial charge >= 0.3 is 13.1 Å². The van der Waals surface area contributed by atoms with E-state index in [1.165, 1.54) is 7.11 Å². The van der Waals surface area contributed by atoms with Gasteiger partial charge in [-0.2, -0.15) is 0 Å². The lowest BCUT2D eigenvalue weighted by atomic mass is 9.80. The highest BCUT2D eigenvalue weighted by atomic mass is 16.5. The highest BCUT2D eigenvalue weighted by Gasteiger charge is 2.21. The Morgan fingerprint density at radius 3 is 2.62 bits per heavy atom. The van der Waals surface area contributed by atoms with E-state index in [2.05, 4.69) is 10.3 Å². The predicted octanol–water partition coefficient (Wildman–Crippen LogP) is 0.722. The summed E-state index contributed by atoms with van der Waals surface area (Å²) in [6.07, 6.45) is 2.42. The number of nitrogens with one attached hydrogen (secondary N) is 2. The molecule has 6 nitrogen and oxygen atoms in total. The highest BCUT2D eigenvalue weighted by Crippen LogP contribution is 2.19. The third-order valence-corrected chi connectivity index (χ3v) is 4.42. The van der Waals surface area contributed by atoms with Crippen LogP contribution < -0.4 is 10.8 Å². The number of ether oxygens (including phenoxy) is 1. The number of carbonyl (C=O) groups is 1. The van der Waals surface area contributed by atoms with Gasteiger partial charge in [-0.05, 0) is 22.7 Å². The van der Waals surface area contributed by atoms with Crippen molar-refractivity contribution in [3.8, 4) is 0 Å². The van der Waals surface area contributed by atoms with Crippen molar-refractivity contribution in [1.29, 1.82) is 0 Å². The van der Waals surface area contributed by atoms with E-state index in [1.54, 1.807) is 24.3 Å². The quantitative estimate of drug-likeness (QED) is 0.371. The maximum atomic E-state index is 12.2. The van der Waals surface area contributed by atoms with Crippen LogP contribution in [0.3, 0.4) is 0 Å². The second-order valence-electron chi connectivity index (χ2n) is 6.14. The Labute approximate surface area is 152 Å². The number of benzene rings is 2. The first-order valence-corrected chi connectivity index (χ1v) is 8.39. The van der Waals surface area contributed by atoms with Crippen LogP contribution in [0.25, 0.3) is 10.9 Å². The standard InChI is InChI=1S/C19H21BN2O4/c1-26-19(23)18(10-14-12-22-17-5-3-2-4-16(14)17)21-11-13-6-8-15(9-7-13)20(24)25/h2-9,12,18,21-22,24-25H,10-11H2,1H3/t18-/m1/s1. The Bertz CT molecular complexity index is 877. The van der Waals surface area contributed by atoms with Crippen LogP contribution in [-0.2, 0) is 22.5 Å². The molecule has 3 aromatic rings. The molecule has 0 spiro atoms. The lowest BCUT2D eigenvalue weighted by Crippen LogP contribution is -2.39. The summed E-state index contributed by atoms with van der Waals surface area (Å²) in [7, 11) is -0.106. The Hall–Kier alpha value is -2.61. The molecule has 7 heteroatoms. The topological polar surface area (TPSA) is 94.6 Å². The van der Waals surface area contributed by atoms with Crippen LogP contribution >= 0.6 is 0 Å². The number of esters is 1. The van der Waals surface area contributed by atoms with Crippen LogP contribution in [0.5, 0.6) is 0 Å². The van der Waals surface area contributed by atoms with Gasteiger partial charge in [0.1, 0.15) is 6.04 Å². The first-order valence-electron chi connectivity index (χ1n) is 8.39. The van der Waals surface area contributed by atoms with E-state index >= 15 is 0 Å². The van der Waals surface area contributed by atoms with E-state index in [1.807, 2.05) is 30.5 Å². The van der Waals surface area contributed by atoms with E-state index in [4.69, 9.17) is 14.8 Å². The molecule has 0 aliphatic rings. The van der Waals surface area contributed by atoms with Crippen LogP contribution in [0.4, 0.5) is 0 Å². The van der Waals surface area contributed by atoms with Gasteiger partial charge in [-0.25, -0.2) is 0 Å². The number of hydrogen-bond acceptors (Lipinski definition) is 5. The van der Waals surface area contributed by atoms with E-state index in [0.29, 0.717) is 18.4 Å². The molecule has 0 amide bonds. The molecular weight excluding hydrogens is 331 g/mol. The van der Waals surface area contributed by atoms with E-state index < -0.39 is 13.2 Å². The minimum absolute atomic E-state index is 0.322. The number of H-pyrrole nitrogens is 1. The zero-order valence-electron chi connectivity index (χ0n) is 14.5. The number of aromatic amines is 1. The number of rotatable bonds is 7. The summed E-state index contributed by atoms with van der Waals surface area (Å²) in [6.45, 7) is 0.462. The third-order valence-electron chi connectivity index (χ3n) is 4.42. The van der Waals surface area contributed by atoms with Crippen molar-refractivity contribution in [2.24, 2.45) is 0 Å². The van der Waals surface area contributed by atoms with Gasteiger partial charge in [0.05, 0.1) is 7.11 Å². The maximum absolute atomic E-state index is 12.2. The zero-order chi connectivity index (χ0) is 18.5. The molecule has 0 unspecified atom stereocenters. The van der Waals surface area contributed by atoms with Crippen LogP contribution in [0.1, 0.15) is 11.1 Å². The van der Waals surface area contributed by atoms with Gasteiger partial charge < -0.3 is 25.1 Å². The monoisotopic (exact) mass is 352 g/mol. The zero-order valence-corrected chi connectivity index (χ0v) is 14.5. The first kappa shape index (κ1) is 18.2. The van der Waals surface area contributed by atoms with Crippen molar-refractivity contribution in [3.05, 3.63) is 65.9 Å². The van der Waals surface area contributed by atoms with Crippen molar-refractivity contribution in [1.82, 2.24) is 10.3 Å². The van der Waals surface area contributed by atoms with Crippen LogP contribution in [0.15, 0.2) is 54.7 Å². The van der Waals surface area contributed by atoms with Crippen molar-refractivity contribution < 1.29 is 19.6 Å². The fraction of sp³-hybridized carbons (Fsp3) is 0.211. The average Bonchev–Trinajstić information content (AvgIpc) is 3.07. The summed E-state index contributed by atoms with van der Waals surface area (Å²) >= 11 is 0. The summed E-state index contributed by atoms with van der Waals surface area (Å²) < 4.78 is 4.93. The minimum Gasteiger partial charge on any atom is -0.468 e. The molecule has 2 aromatic carbocycles. The largest absolute Gasteiger partial charge is 0.488 e. The normalized spacial score (nSPS) is 12.1. The number of fused-ring (bicyclic) bond motifs is 1. The number of para-hydroxylation sites is 1. The predicted molar refractivity (Wildman–Crippen MR) is 101 cm³/mol. The third kappa shape index (κ3) is 4.13. The highest BCUT2D eigenvalue weighted by molar-refractivity contribution is 6.58. The van der Waals surface area contributed by atoms with Crippen molar-refractivity contribution in [2.75, 3.05) is 7.11 Å². The molecule has 1 heterocycles. The summed E-state index contributed by atoms with van der Waals surface area (Å²) in [5.74, 6) is -0.322. The molecule has 4 N–H and O–H groups in total. The molecule has 134 valence electrons. The molecule has 0 saturated heterocycles. The number of aromatic nitrogens is 1. The Kier molecular flexibility index (Phi) is 5.73. The van der Waals surface area contributed by atoms with Crippen LogP contribution in [-0.4, -0.2) is 41.3 Å². The van der Waals surface area contributed by atoms with Gasteiger partial charge in [-0.3, -0.25) is 4.79 Å². The van der Waals surface area contributed by atoms with E-state index in [-0.39, 0.29) is 5.97 Å². The van der Waals surface area contributed by atoms with Crippen LogP contribution in [0.2, 0.25) is 0 Å². The van der Waals surface area contributed by atoms with Gasteiger partial charge in [0.2, 0.25) is 0 Å². The Balaban J connectivity index is 1.71.